The number of hydrogen-bond acceptors (Lipinski definition) is 2. The highest BCUT2D eigenvalue weighted by atomic mass is 35.5. The molecule has 0 fully saturated rings. The van der Waals surface area contributed by atoms with Crippen LogP contribution in [0.5, 0.6) is 0 Å². The van der Waals surface area contributed by atoms with E-state index in [2.05, 4.69) is 15.6 Å². The second-order valence-corrected chi connectivity index (χ2v) is 5.69. The van der Waals surface area contributed by atoms with Gasteiger partial charge in [0.2, 0.25) is 5.91 Å². The molecule has 128 valence electrons. The summed E-state index contributed by atoms with van der Waals surface area (Å²) in [5, 5.41) is 6.84. The van der Waals surface area contributed by atoms with E-state index in [1.807, 2.05) is 50.1 Å². The Balaban J connectivity index is 2.60. The van der Waals surface area contributed by atoms with Crippen LogP contribution in [0.4, 0.5) is 0 Å². The van der Waals surface area contributed by atoms with E-state index < -0.39 is 0 Å². The maximum atomic E-state index is 11.6. The van der Waals surface area contributed by atoms with Gasteiger partial charge in [-0.25, -0.2) is 0 Å². The van der Waals surface area contributed by atoms with Gasteiger partial charge in [-0.05, 0) is 25.0 Å². The number of nitrogens with zero attached hydrogens (tertiary/aromatic N) is 2. The van der Waals surface area contributed by atoms with Crippen molar-refractivity contribution in [3.05, 3.63) is 34.9 Å². The van der Waals surface area contributed by atoms with Crippen LogP contribution in [0.1, 0.15) is 32.3 Å². The number of halogens is 1. The largest absolute Gasteiger partial charge is 0.357 e. The first kappa shape index (κ1) is 19.3. The summed E-state index contributed by atoms with van der Waals surface area (Å²) in [5.41, 5.74) is 1.04. The van der Waals surface area contributed by atoms with Crippen LogP contribution in [0, 0.1) is 0 Å². The summed E-state index contributed by atoms with van der Waals surface area (Å²) in [5.74, 6) is 0.816. The van der Waals surface area contributed by atoms with Crippen molar-refractivity contribution >= 4 is 23.5 Å². The van der Waals surface area contributed by atoms with E-state index in [4.69, 9.17) is 11.6 Å². The van der Waals surface area contributed by atoms with Crippen LogP contribution in [0.25, 0.3) is 0 Å². The highest BCUT2D eigenvalue weighted by Gasteiger charge is 2.09. The number of benzene rings is 1. The lowest BCUT2D eigenvalue weighted by Crippen LogP contribution is -2.38. The lowest BCUT2D eigenvalue weighted by molar-refractivity contribution is -0.120. The molecule has 0 aromatic heterocycles. The SMILES string of the molecule is CCCNC(=O)CCN=C(NCC)N(C)Cc1ccccc1Cl. The first-order chi connectivity index (χ1) is 11.1. The van der Waals surface area contributed by atoms with Crippen LogP contribution >= 0.6 is 11.6 Å². The molecule has 1 aromatic rings. The van der Waals surface area contributed by atoms with E-state index in [9.17, 15) is 4.79 Å². The highest BCUT2D eigenvalue weighted by molar-refractivity contribution is 6.31. The summed E-state index contributed by atoms with van der Waals surface area (Å²) in [7, 11) is 1.96. The minimum absolute atomic E-state index is 0.0419. The van der Waals surface area contributed by atoms with Gasteiger partial charge in [-0.15, -0.1) is 0 Å². The average molecular weight is 339 g/mol. The summed E-state index contributed by atoms with van der Waals surface area (Å²) >= 11 is 6.20. The van der Waals surface area contributed by atoms with Gasteiger partial charge in [0.25, 0.3) is 0 Å². The summed E-state index contributed by atoms with van der Waals surface area (Å²) in [6.45, 7) is 6.67. The van der Waals surface area contributed by atoms with Gasteiger partial charge in [0.1, 0.15) is 0 Å². The van der Waals surface area contributed by atoms with Gasteiger partial charge in [-0.3, -0.25) is 9.79 Å². The molecule has 0 radical (unpaired) electrons. The molecule has 6 heteroatoms. The van der Waals surface area contributed by atoms with Crippen LogP contribution in [0.15, 0.2) is 29.3 Å². The van der Waals surface area contributed by atoms with E-state index in [1.165, 1.54) is 0 Å². The van der Waals surface area contributed by atoms with E-state index in [-0.39, 0.29) is 5.91 Å². The van der Waals surface area contributed by atoms with Gasteiger partial charge >= 0.3 is 0 Å². The predicted octanol–water partition coefficient (Wildman–Crippen LogP) is 2.65. The van der Waals surface area contributed by atoms with Crippen LogP contribution in [-0.4, -0.2) is 43.4 Å². The molecule has 0 aliphatic carbocycles. The first-order valence-electron chi connectivity index (χ1n) is 8.08. The van der Waals surface area contributed by atoms with Crippen molar-refractivity contribution in [2.24, 2.45) is 4.99 Å². The number of nitrogens with one attached hydrogen (secondary N) is 2. The van der Waals surface area contributed by atoms with Gasteiger partial charge in [-0.2, -0.15) is 0 Å². The van der Waals surface area contributed by atoms with Gasteiger partial charge in [0.15, 0.2) is 5.96 Å². The monoisotopic (exact) mass is 338 g/mol. The molecule has 1 aromatic carbocycles. The normalized spacial score (nSPS) is 11.2. The molecule has 0 bridgehead atoms. The number of rotatable bonds is 8. The predicted molar refractivity (Wildman–Crippen MR) is 96.8 cm³/mol. The molecule has 0 saturated carbocycles. The van der Waals surface area contributed by atoms with E-state index in [0.717, 1.165) is 36.1 Å². The number of guanidine groups is 1. The second kappa shape index (κ2) is 10.9. The van der Waals surface area contributed by atoms with Crippen molar-refractivity contribution in [1.29, 1.82) is 0 Å². The van der Waals surface area contributed by atoms with Crippen molar-refractivity contribution in [2.75, 3.05) is 26.7 Å². The summed E-state index contributed by atoms with van der Waals surface area (Å²) in [6.07, 6.45) is 1.34. The van der Waals surface area contributed by atoms with Crippen LogP contribution in [0.2, 0.25) is 5.02 Å². The zero-order valence-electron chi connectivity index (χ0n) is 14.2. The highest BCUT2D eigenvalue weighted by Crippen LogP contribution is 2.16. The third kappa shape index (κ3) is 7.37. The van der Waals surface area contributed by atoms with E-state index in [1.54, 1.807) is 0 Å². The molecule has 1 rings (SSSR count). The van der Waals surface area contributed by atoms with Gasteiger partial charge in [0.05, 0.1) is 6.54 Å². The number of hydrogen-bond donors (Lipinski definition) is 2. The molecular weight excluding hydrogens is 312 g/mol. The Bertz CT molecular complexity index is 519. The molecule has 2 N–H and O–H groups in total. The number of amides is 1. The van der Waals surface area contributed by atoms with Gasteiger partial charge in [-0.1, -0.05) is 36.7 Å². The average Bonchev–Trinajstić information content (AvgIpc) is 2.54. The fraction of sp³-hybridized carbons (Fsp3) is 0.529. The number of aliphatic imine (C=N–C) groups is 1. The molecule has 0 atom stereocenters. The quantitative estimate of drug-likeness (QED) is 0.566. The molecule has 0 saturated heterocycles. The molecule has 1 amide bonds. The number of carbonyl (C=O) groups is 1. The fourth-order valence-electron chi connectivity index (χ4n) is 2.04. The Morgan fingerprint density at radius 2 is 2.00 bits per heavy atom. The molecule has 0 unspecified atom stereocenters. The Morgan fingerprint density at radius 1 is 1.26 bits per heavy atom. The molecule has 0 heterocycles. The fourth-order valence-corrected chi connectivity index (χ4v) is 2.24. The lowest BCUT2D eigenvalue weighted by Gasteiger charge is -2.22. The Morgan fingerprint density at radius 3 is 2.65 bits per heavy atom. The Hall–Kier alpha value is -1.75. The molecule has 23 heavy (non-hydrogen) atoms. The number of carbonyl (C=O) groups excluding carboxylic acids is 1. The Labute approximate surface area is 144 Å². The zero-order valence-corrected chi connectivity index (χ0v) is 15.0. The van der Waals surface area contributed by atoms with Crippen molar-refractivity contribution < 1.29 is 4.79 Å². The van der Waals surface area contributed by atoms with E-state index >= 15 is 0 Å². The smallest absolute Gasteiger partial charge is 0.221 e. The van der Waals surface area contributed by atoms with Gasteiger partial charge in [0, 0.05) is 38.1 Å². The zero-order chi connectivity index (χ0) is 17.1. The summed E-state index contributed by atoms with van der Waals surface area (Å²) in [6, 6.07) is 7.77. The third-order valence-corrected chi connectivity index (χ3v) is 3.60. The lowest BCUT2D eigenvalue weighted by atomic mass is 10.2. The van der Waals surface area contributed by atoms with E-state index in [0.29, 0.717) is 19.5 Å². The first-order valence-corrected chi connectivity index (χ1v) is 8.45. The summed E-state index contributed by atoms with van der Waals surface area (Å²) in [4.78, 5) is 18.1. The minimum Gasteiger partial charge on any atom is -0.357 e. The maximum Gasteiger partial charge on any atom is 0.221 e. The van der Waals surface area contributed by atoms with Gasteiger partial charge < -0.3 is 15.5 Å². The third-order valence-electron chi connectivity index (χ3n) is 3.23. The van der Waals surface area contributed by atoms with Crippen LogP contribution in [0.3, 0.4) is 0 Å². The molecule has 0 aliphatic rings. The molecule has 0 aliphatic heterocycles. The topological polar surface area (TPSA) is 56.7 Å². The van der Waals surface area contributed by atoms with Crippen LogP contribution in [-0.2, 0) is 11.3 Å². The van der Waals surface area contributed by atoms with Crippen molar-refractivity contribution in [3.8, 4) is 0 Å². The van der Waals surface area contributed by atoms with Crippen LogP contribution < -0.4 is 10.6 Å². The van der Waals surface area contributed by atoms with Crippen molar-refractivity contribution in [3.63, 3.8) is 0 Å². The summed E-state index contributed by atoms with van der Waals surface area (Å²) < 4.78 is 0. The van der Waals surface area contributed by atoms with Crippen molar-refractivity contribution in [2.45, 2.75) is 33.2 Å². The standard InChI is InChI=1S/C17H27ClN4O/c1-4-11-20-16(23)10-12-21-17(19-5-2)22(3)13-14-8-6-7-9-15(14)18/h6-9H,4-5,10-13H2,1-3H3,(H,19,21)(H,20,23). The Kier molecular flexibility index (Phi) is 9.14. The minimum atomic E-state index is 0.0419. The molecule has 0 spiro atoms. The molecular formula is C17H27ClN4O. The van der Waals surface area contributed by atoms with Crippen molar-refractivity contribution in [1.82, 2.24) is 15.5 Å². The second-order valence-electron chi connectivity index (χ2n) is 5.28. The maximum absolute atomic E-state index is 11.6. The molecule has 5 nitrogen and oxygen atoms in total.